The molecule has 0 amide bonds. The predicted molar refractivity (Wildman–Crippen MR) is 124 cm³/mol. The molecule has 28 heavy (non-hydrogen) atoms. The van der Waals surface area contributed by atoms with Crippen molar-refractivity contribution in [1.82, 2.24) is 9.80 Å². The molecule has 1 aromatic carbocycles. The molecule has 5 nitrogen and oxygen atoms in total. The Morgan fingerprint density at radius 2 is 2.07 bits per heavy atom. The van der Waals surface area contributed by atoms with Crippen molar-refractivity contribution < 1.29 is 5.11 Å². The van der Waals surface area contributed by atoms with Crippen LogP contribution >= 0.6 is 47.8 Å². The normalized spacial score (nSPS) is 18.6. The van der Waals surface area contributed by atoms with Crippen LogP contribution in [0.5, 0.6) is 0 Å². The van der Waals surface area contributed by atoms with Gasteiger partial charge in [0.25, 0.3) is 0 Å². The highest BCUT2D eigenvalue weighted by Crippen LogP contribution is 2.40. The molecule has 2 aliphatic heterocycles. The first kappa shape index (κ1) is 23.3. The summed E-state index contributed by atoms with van der Waals surface area (Å²) in [6.45, 7) is 5.07. The second-order valence-corrected chi connectivity index (χ2v) is 8.61. The molecule has 0 spiro atoms. The first-order valence-corrected chi connectivity index (χ1v) is 10.1. The van der Waals surface area contributed by atoms with E-state index in [1.807, 2.05) is 18.2 Å². The van der Waals surface area contributed by atoms with Crippen LogP contribution in [0.1, 0.15) is 16.9 Å². The molecule has 4 rings (SSSR count). The van der Waals surface area contributed by atoms with Crippen LogP contribution in [0.25, 0.3) is 0 Å². The number of aryl methyl sites for hydroxylation is 1. The summed E-state index contributed by atoms with van der Waals surface area (Å²) in [6, 6.07) is 8.32. The average molecular weight is 464 g/mol. The highest BCUT2D eigenvalue weighted by Gasteiger charge is 2.29. The van der Waals surface area contributed by atoms with Crippen LogP contribution in [0.15, 0.2) is 29.3 Å². The maximum atomic E-state index is 9.40. The number of fused-ring (bicyclic) bond motifs is 2. The van der Waals surface area contributed by atoms with E-state index >= 15 is 0 Å². The summed E-state index contributed by atoms with van der Waals surface area (Å²) >= 11 is 7.96. The monoisotopic (exact) mass is 462 g/mol. The zero-order valence-electron chi connectivity index (χ0n) is 15.8. The molecule has 2 aliphatic rings. The third-order valence-corrected chi connectivity index (χ3v) is 6.27. The quantitative estimate of drug-likeness (QED) is 0.678. The minimum Gasteiger partial charge on any atom is -0.396 e. The number of nitrogens with zero attached hydrogens (tertiary/aromatic N) is 3. The summed E-state index contributed by atoms with van der Waals surface area (Å²) in [6.07, 6.45) is 0.774. The van der Waals surface area contributed by atoms with E-state index in [1.54, 1.807) is 11.3 Å². The van der Waals surface area contributed by atoms with Gasteiger partial charge >= 0.3 is 0 Å². The number of aliphatic hydroxyl groups is 1. The number of hydrogen-bond acceptors (Lipinski definition) is 6. The van der Waals surface area contributed by atoms with Gasteiger partial charge in [0.2, 0.25) is 0 Å². The molecule has 1 saturated heterocycles. The molecule has 1 aromatic heterocycles. The molecule has 2 N–H and O–H groups in total. The van der Waals surface area contributed by atoms with Crippen molar-refractivity contribution in [2.24, 2.45) is 4.99 Å². The smallest absolute Gasteiger partial charge is 0.139 e. The van der Waals surface area contributed by atoms with Crippen LogP contribution in [-0.2, 0) is 0 Å². The summed E-state index contributed by atoms with van der Waals surface area (Å²) in [5.74, 6) is 0.994. The van der Waals surface area contributed by atoms with Crippen molar-refractivity contribution in [3.63, 3.8) is 0 Å². The number of hydrogen-bond donors (Lipinski definition) is 2. The number of nitrogens with one attached hydrogen (secondary N) is 1. The van der Waals surface area contributed by atoms with Crippen molar-refractivity contribution in [1.29, 1.82) is 0 Å². The highest BCUT2D eigenvalue weighted by molar-refractivity contribution is 7.16. The zero-order valence-corrected chi connectivity index (χ0v) is 19.0. The van der Waals surface area contributed by atoms with Crippen LogP contribution < -0.4 is 5.32 Å². The maximum Gasteiger partial charge on any atom is 0.139 e. The van der Waals surface area contributed by atoms with Gasteiger partial charge in [0.1, 0.15) is 10.8 Å². The lowest BCUT2D eigenvalue weighted by Crippen LogP contribution is -2.53. The minimum absolute atomic E-state index is 0. The standard InChI is InChI=1S/C19H23ClN4OS.2ClH/c1-12-9-15-18(24-7-6-23(2)14(11-24)5-8-25)21-17-10-13(20)3-4-16(17)22-19(15)26-12;;/h3-4,9-10,14,22,25H,5-8,11H2,1-2H3;2*1H/t14-;;/m0../s1. The Morgan fingerprint density at radius 3 is 2.82 bits per heavy atom. The summed E-state index contributed by atoms with van der Waals surface area (Å²) in [5, 5.41) is 14.7. The van der Waals surface area contributed by atoms with E-state index in [9.17, 15) is 5.11 Å². The van der Waals surface area contributed by atoms with Gasteiger partial charge in [-0.05, 0) is 44.7 Å². The van der Waals surface area contributed by atoms with Gasteiger partial charge in [-0.2, -0.15) is 0 Å². The topological polar surface area (TPSA) is 51.1 Å². The first-order chi connectivity index (χ1) is 12.5. The SMILES string of the molecule is Cc1cc2c(s1)Nc1ccc(Cl)cc1N=C2N1CCN(C)[C@@H](CCO)C1.Cl.Cl. The second kappa shape index (κ2) is 9.65. The van der Waals surface area contributed by atoms with E-state index in [-0.39, 0.29) is 31.4 Å². The van der Waals surface area contributed by atoms with Crippen molar-refractivity contribution in [2.75, 3.05) is 38.6 Å². The van der Waals surface area contributed by atoms with Gasteiger partial charge in [0, 0.05) is 42.2 Å². The van der Waals surface area contributed by atoms with E-state index in [4.69, 9.17) is 16.6 Å². The van der Waals surface area contributed by atoms with Gasteiger partial charge in [-0.1, -0.05) is 11.6 Å². The molecule has 0 radical (unpaired) electrons. The lowest BCUT2D eigenvalue weighted by Gasteiger charge is -2.40. The van der Waals surface area contributed by atoms with Crippen LogP contribution in [0.2, 0.25) is 5.02 Å². The highest BCUT2D eigenvalue weighted by atomic mass is 35.5. The van der Waals surface area contributed by atoms with Gasteiger partial charge in [0.15, 0.2) is 0 Å². The molecule has 1 atom stereocenters. The molecule has 154 valence electrons. The van der Waals surface area contributed by atoms with Crippen molar-refractivity contribution in [3.05, 3.63) is 39.7 Å². The van der Waals surface area contributed by atoms with E-state index in [0.717, 1.165) is 53.8 Å². The largest absolute Gasteiger partial charge is 0.396 e. The molecule has 2 aromatic rings. The fourth-order valence-electron chi connectivity index (χ4n) is 3.61. The van der Waals surface area contributed by atoms with Gasteiger partial charge in [0.05, 0.1) is 16.9 Å². The second-order valence-electron chi connectivity index (χ2n) is 6.91. The first-order valence-electron chi connectivity index (χ1n) is 8.87. The van der Waals surface area contributed by atoms with E-state index in [0.29, 0.717) is 11.1 Å². The molecular weight excluding hydrogens is 439 g/mol. The number of anilines is 2. The van der Waals surface area contributed by atoms with E-state index < -0.39 is 0 Å². The number of benzene rings is 1. The summed E-state index contributed by atoms with van der Waals surface area (Å²) < 4.78 is 0. The molecule has 0 bridgehead atoms. The summed E-state index contributed by atoms with van der Waals surface area (Å²) in [4.78, 5) is 11.0. The molecule has 0 aliphatic carbocycles. The lowest BCUT2D eigenvalue weighted by atomic mass is 10.1. The third kappa shape index (κ3) is 4.58. The van der Waals surface area contributed by atoms with Crippen molar-refractivity contribution in [3.8, 4) is 0 Å². The molecule has 1 fully saturated rings. The van der Waals surface area contributed by atoms with Gasteiger partial charge < -0.3 is 15.3 Å². The number of halogens is 3. The molecule has 9 heteroatoms. The van der Waals surface area contributed by atoms with Gasteiger partial charge in [-0.25, -0.2) is 4.99 Å². The molecule has 0 unspecified atom stereocenters. The fourth-order valence-corrected chi connectivity index (χ4v) is 4.70. The van der Waals surface area contributed by atoms with Gasteiger partial charge in [-0.3, -0.25) is 4.90 Å². The fraction of sp³-hybridized carbons (Fsp3) is 0.421. The average Bonchev–Trinajstić information content (AvgIpc) is 2.90. The van der Waals surface area contributed by atoms with Crippen LogP contribution in [-0.4, -0.2) is 60.1 Å². The number of likely N-dealkylation sites (N-methyl/N-ethyl adjacent to an activating group) is 1. The zero-order chi connectivity index (χ0) is 18.3. The number of aliphatic hydroxyl groups excluding tert-OH is 1. The Balaban J connectivity index is 0.00000140. The Hall–Kier alpha value is -1.02. The molecule has 3 heterocycles. The number of thiophene rings is 1. The Morgan fingerprint density at radius 1 is 1.29 bits per heavy atom. The lowest BCUT2D eigenvalue weighted by molar-refractivity contribution is 0.115. The predicted octanol–water partition coefficient (Wildman–Crippen LogP) is 4.69. The molecular formula is C19H25Cl3N4OS. The number of amidine groups is 1. The Bertz CT molecular complexity index is 858. The maximum absolute atomic E-state index is 9.40. The van der Waals surface area contributed by atoms with Crippen LogP contribution in [0, 0.1) is 6.92 Å². The third-order valence-electron chi connectivity index (χ3n) is 5.07. The minimum atomic E-state index is 0. The van der Waals surface area contributed by atoms with E-state index in [1.165, 1.54) is 4.88 Å². The number of aliphatic imine (C=N–C) groups is 1. The van der Waals surface area contributed by atoms with Crippen molar-refractivity contribution >= 4 is 70.0 Å². The van der Waals surface area contributed by atoms with Crippen LogP contribution in [0.4, 0.5) is 16.4 Å². The van der Waals surface area contributed by atoms with Crippen LogP contribution in [0.3, 0.4) is 0 Å². The summed E-state index contributed by atoms with van der Waals surface area (Å²) in [5.41, 5.74) is 2.99. The summed E-state index contributed by atoms with van der Waals surface area (Å²) in [7, 11) is 2.13. The molecule has 0 saturated carbocycles. The van der Waals surface area contributed by atoms with Gasteiger partial charge in [-0.15, -0.1) is 36.2 Å². The van der Waals surface area contributed by atoms with E-state index in [2.05, 4.69) is 35.2 Å². The Kier molecular flexibility index (Phi) is 8.02. The van der Waals surface area contributed by atoms with Crippen molar-refractivity contribution in [2.45, 2.75) is 19.4 Å². The number of piperazine rings is 1. The Labute approximate surface area is 187 Å². The number of rotatable bonds is 2.